The van der Waals surface area contributed by atoms with Crippen LogP contribution in [0.3, 0.4) is 0 Å². The number of nitrogens with one attached hydrogen (secondary N) is 1. The van der Waals surface area contributed by atoms with Crippen LogP contribution in [0.5, 0.6) is 0 Å². The molecule has 0 fully saturated rings. The molecular weight excluding hydrogens is 354 g/mol. The highest BCUT2D eigenvalue weighted by molar-refractivity contribution is 6.31. The fourth-order valence-electron chi connectivity index (χ4n) is 4.13. The summed E-state index contributed by atoms with van der Waals surface area (Å²) in [5.41, 5.74) is 5.48. The number of hydrogen-bond donors (Lipinski definition) is 2. The number of hydrogen-bond acceptors (Lipinski definition) is 5. The van der Waals surface area contributed by atoms with Gasteiger partial charge in [-0.2, -0.15) is 5.26 Å². The van der Waals surface area contributed by atoms with E-state index in [0.29, 0.717) is 28.5 Å². The Morgan fingerprint density at radius 1 is 1.31 bits per heavy atom. The third kappa shape index (κ3) is 1.98. The maximum absolute atomic E-state index is 13.1. The van der Waals surface area contributed by atoms with E-state index in [2.05, 4.69) is 5.32 Å². The number of halogens is 1. The van der Waals surface area contributed by atoms with Crippen LogP contribution in [0.1, 0.15) is 32.3 Å². The van der Waals surface area contributed by atoms with Crippen molar-refractivity contribution in [3.05, 3.63) is 51.6 Å². The minimum absolute atomic E-state index is 0.0784. The Morgan fingerprint density at radius 3 is 2.73 bits per heavy atom. The number of carbonyl (C=O) groups is 2. The van der Waals surface area contributed by atoms with Crippen molar-refractivity contribution in [1.82, 2.24) is 0 Å². The van der Waals surface area contributed by atoms with Gasteiger partial charge in [-0.3, -0.25) is 9.59 Å². The van der Waals surface area contributed by atoms with Gasteiger partial charge in [-0.15, -0.1) is 0 Å². The van der Waals surface area contributed by atoms with E-state index in [1.54, 1.807) is 18.2 Å². The summed E-state index contributed by atoms with van der Waals surface area (Å²) in [6.07, 6.45) is 0.687. The lowest BCUT2D eigenvalue weighted by atomic mass is 9.63. The highest BCUT2D eigenvalue weighted by Crippen LogP contribution is 2.55. The Hall–Kier alpha value is -2.78. The Bertz CT molecular complexity index is 1000. The molecule has 0 aromatic heterocycles. The van der Waals surface area contributed by atoms with Gasteiger partial charge in [0.15, 0.2) is 11.2 Å². The average molecular weight is 370 g/mol. The first-order valence-electron chi connectivity index (χ1n) is 8.17. The third-order valence-corrected chi connectivity index (χ3v) is 5.40. The zero-order valence-electron chi connectivity index (χ0n) is 14.3. The zero-order valence-corrected chi connectivity index (χ0v) is 15.0. The van der Waals surface area contributed by atoms with Crippen LogP contribution in [-0.2, 0) is 19.7 Å². The van der Waals surface area contributed by atoms with Crippen LogP contribution in [0.4, 0.5) is 5.69 Å². The summed E-state index contributed by atoms with van der Waals surface area (Å²) in [6.45, 7) is 3.88. The Morgan fingerprint density at radius 2 is 2.04 bits per heavy atom. The summed E-state index contributed by atoms with van der Waals surface area (Å²) >= 11 is 6.16. The molecule has 7 heteroatoms. The van der Waals surface area contributed by atoms with Crippen LogP contribution in [0.2, 0.25) is 5.02 Å². The molecule has 2 aliphatic heterocycles. The number of anilines is 1. The molecule has 1 aromatic carbocycles. The number of nitrogens with two attached hydrogens (primary N) is 1. The molecule has 3 N–H and O–H groups in total. The molecule has 2 heterocycles. The highest BCUT2D eigenvalue weighted by atomic mass is 35.5. The van der Waals surface area contributed by atoms with Gasteiger partial charge in [0.05, 0.1) is 11.3 Å². The number of nitrogens with zero attached hydrogens (tertiary/aromatic N) is 1. The number of nitriles is 1. The van der Waals surface area contributed by atoms with Crippen molar-refractivity contribution < 1.29 is 14.3 Å². The van der Waals surface area contributed by atoms with Gasteiger partial charge in [0.2, 0.25) is 11.7 Å². The number of amides is 1. The molecule has 6 nitrogen and oxygen atoms in total. The molecule has 132 valence electrons. The summed E-state index contributed by atoms with van der Waals surface area (Å²) in [5.74, 6) is -0.500. The number of rotatable bonds is 0. The molecule has 1 aromatic rings. The van der Waals surface area contributed by atoms with Crippen molar-refractivity contribution in [2.24, 2.45) is 11.1 Å². The standard InChI is InChI=1S/C19H16ClN3O3/c1-18(2)6-12(24)15-13(7-18)26-14(8-21)16(22)19(15)10-5-9(20)3-4-11(10)23-17(19)25/h3-5H,6-7,22H2,1-2H3,(H,23,25). The molecule has 1 atom stereocenters. The fraction of sp³-hybridized carbons (Fsp3) is 0.316. The van der Waals surface area contributed by atoms with Gasteiger partial charge in [0, 0.05) is 29.1 Å². The predicted octanol–water partition coefficient (Wildman–Crippen LogP) is 2.90. The van der Waals surface area contributed by atoms with Crippen molar-refractivity contribution in [3.8, 4) is 6.07 Å². The Labute approximate surface area is 155 Å². The number of ketones is 1. The molecule has 0 saturated heterocycles. The minimum atomic E-state index is -1.58. The van der Waals surface area contributed by atoms with Crippen molar-refractivity contribution >= 4 is 29.0 Å². The van der Waals surface area contributed by atoms with E-state index in [0.717, 1.165) is 0 Å². The van der Waals surface area contributed by atoms with E-state index < -0.39 is 11.3 Å². The second kappa shape index (κ2) is 5.12. The second-order valence-corrected chi connectivity index (χ2v) is 8.03. The lowest BCUT2D eigenvalue weighted by Gasteiger charge is -2.41. The largest absolute Gasteiger partial charge is 0.448 e. The summed E-state index contributed by atoms with van der Waals surface area (Å²) in [5, 5.41) is 12.7. The Kier molecular flexibility index (Phi) is 3.28. The molecule has 3 aliphatic rings. The van der Waals surface area contributed by atoms with Gasteiger partial charge in [-0.1, -0.05) is 25.4 Å². The number of carbonyl (C=O) groups excluding carboxylic acids is 2. The van der Waals surface area contributed by atoms with Crippen molar-refractivity contribution in [2.75, 3.05) is 5.32 Å². The van der Waals surface area contributed by atoms with Crippen LogP contribution >= 0.6 is 11.6 Å². The van der Waals surface area contributed by atoms with E-state index in [-0.39, 0.29) is 34.6 Å². The third-order valence-electron chi connectivity index (χ3n) is 5.16. The van der Waals surface area contributed by atoms with Gasteiger partial charge in [0.1, 0.15) is 11.8 Å². The molecule has 1 amide bonds. The Balaban J connectivity index is 2.09. The first-order valence-corrected chi connectivity index (χ1v) is 8.55. The van der Waals surface area contributed by atoms with E-state index >= 15 is 0 Å². The summed E-state index contributed by atoms with van der Waals surface area (Å²) < 4.78 is 5.68. The first kappa shape index (κ1) is 16.7. The molecular formula is C19H16ClN3O3. The first-order chi connectivity index (χ1) is 12.2. The van der Waals surface area contributed by atoms with Gasteiger partial charge in [0.25, 0.3) is 0 Å². The second-order valence-electron chi connectivity index (χ2n) is 7.59. The summed E-state index contributed by atoms with van der Waals surface area (Å²) in [6, 6.07) is 6.84. The van der Waals surface area contributed by atoms with E-state index in [1.807, 2.05) is 19.9 Å². The normalized spacial score (nSPS) is 26.2. The molecule has 0 bridgehead atoms. The monoisotopic (exact) mass is 369 g/mol. The van der Waals surface area contributed by atoms with Gasteiger partial charge >= 0.3 is 0 Å². The average Bonchev–Trinajstić information content (AvgIpc) is 2.82. The zero-order chi connectivity index (χ0) is 18.9. The van der Waals surface area contributed by atoms with Crippen LogP contribution in [-0.4, -0.2) is 11.7 Å². The van der Waals surface area contributed by atoms with Gasteiger partial charge < -0.3 is 15.8 Å². The molecule has 0 saturated carbocycles. The van der Waals surface area contributed by atoms with Crippen LogP contribution in [0.25, 0.3) is 0 Å². The van der Waals surface area contributed by atoms with E-state index in [4.69, 9.17) is 22.1 Å². The topological polar surface area (TPSA) is 105 Å². The number of fused-ring (bicyclic) bond motifs is 3. The summed E-state index contributed by atoms with van der Waals surface area (Å²) in [7, 11) is 0. The molecule has 0 radical (unpaired) electrons. The summed E-state index contributed by atoms with van der Waals surface area (Å²) in [4.78, 5) is 26.2. The number of Topliss-reactive ketones (excluding diaryl/α,β-unsaturated/α-hetero) is 1. The maximum atomic E-state index is 13.1. The van der Waals surface area contributed by atoms with Crippen LogP contribution < -0.4 is 11.1 Å². The van der Waals surface area contributed by atoms with Crippen LogP contribution in [0.15, 0.2) is 41.0 Å². The van der Waals surface area contributed by atoms with Crippen molar-refractivity contribution in [1.29, 1.82) is 5.26 Å². The lowest BCUT2D eigenvalue weighted by Crippen LogP contribution is -2.49. The minimum Gasteiger partial charge on any atom is -0.448 e. The van der Waals surface area contributed by atoms with Gasteiger partial charge in [-0.05, 0) is 23.6 Å². The van der Waals surface area contributed by atoms with Crippen LogP contribution in [0, 0.1) is 16.7 Å². The smallest absolute Gasteiger partial charge is 0.246 e. The number of benzene rings is 1. The lowest BCUT2D eigenvalue weighted by molar-refractivity contribution is -0.124. The predicted molar refractivity (Wildman–Crippen MR) is 94.7 cm³/mol. The molecule has 1 unspecified atom stereocenters. The fourth-order valence-corrected chi connectivity index (χ4v) is 4.30. The van der Waals surface area contributed by atoms with E-state index in [9.17, 15) is 14.9 Å². The quantitative estimate of drug-likeness (QED) is 0.731. The van der Waals surface area contributed by atoms with Crippen molar-refractivity contribution in [2.45, 2.75) is 32.1 Å². The molecule has 4 rings (SSSR count). The molecule has 26 heavy (non-hydrogen) atoms. The van der Waals surface area contributed by atoms with Crippen molar-refractivity contribution in [3.63, 3.8) is 0 Å². The molecule has 1 aliphatic carbocycles. The van der Waals surface area contributed by atoms with Gasteiger partial charge in [-0.25, -0.2) is 0 Å². The number of allylic oxidation sites excluding steroid dienone is 2. The number of ether oxygens (including phenoxy) is 1. The maximum Gasteiger partial charge on any atom is 0.246 e. The highest BCUT2D eigenvalue weighted by Gasteiger charge is 2.60. The van der Waals surface area contributed by atoms with E-state index in [1.165, 1.54) is 0 Å². The SMILES string of the molecule is CC1(C)CC(=O)C2=C(C1)OC(C#N)=C(N)C21C(=O)Nc2ccc(Cl)cc21. The molecule has 1 spiro atoms.